The molecule has 2 atom stereocenters. The molecule has 41 heavy (non-hydrogen) atoms. The standard InChI is InChI=1S/C31H38ClN3O5S/c1-6-23(3)33-31(37)28(18-24-10-8-7-9-11-24)34(20-25-14-12-22(2)13-15-25)30(36)21-35(41(5,38)39)26-16-17-29(40-4)27(32)19-26/h7-17,19,23,28H,6,18,20-21H2,1-5H3,(H,33,37). The maximum Gasteiger partial charge on any atom is 0.244 e. The molecular formula is C31H38ClN3O5S. The van der Waals surface area contributed by atoms with Crippen LogP contribution in [0.4, 0.5) is 5.69 Å². The van der Waals surface area contributed by atoms with Crippen LogP contribution in [0.2, 0.25) is 5.02 Å². The number of amides is 2. The van der Waals surface area contributed by atoms with E-state index in [4.69, 9.17) is 16.3 Å². The smallest absolute Gasteiger partial charge is 0.244 e. The van der Waals surface area contributed by atoms with Gasteiger partial charge in [-0.2, -0.15) is 0 Å². The molecule has 3 rings (SSSR count). The molecular weight excluding hydrogens is 562 g/mol. The Morgan fingerprint density at radius 1 is 1.00 bits per heavy atom. The van der Waals surface area contributed by atoms with Gasteiger partial charge >= 0.3 is 0 Å². The van der Waals surface area contributed by atoms with E-state index in [1.807, 2.05) is 75.4 Å². The summed E-state index contributed by atoms with van der Waals surface area (Å²) in [6.07, 6.45) is 2.00. The minimum absolute atomic E-state index is 0.106. The molecule has 0 fully saturated rings. The topological polar surface area (TPSA) is 96.0 Å². The van der Waals surface area contributed by atoms with Gasteiger partial charge in [-0.1, -0.05) is 78.7 Å². The normalized spacial score (nSPS) is 12.7. The summed E-state index contributed by atoms with van der Waals surface area (Å²) in [6.45, 7) is 5.44. The summed E-state index contributed by atoms with van der Waals surface area (Å²) in [6, 6.07) is 20.6. The van der Waals surface area contributed by atoms with Gasteiger partial charge in [0, 0.05) is 19.0 Å². The Labute approximate surface area is 248 Å². The van der Waals surface area contributed by atoms with Gasteiger partial charge in [0.05, 0.1) is 24.1 Å². The Hall–Kier alpha value is -3.56. The Kier molecular flexibility index (Phi) is 11.2. The molecule has 0 saturated carbocycles. The largest absolute Gasteiger partial charge is 0.495 e. The molecule has 3 aromatic rings. The number of methoxy groups -OCH3 is 1. The maximum absolute atomic E-state index is 14.1. The summed E-state index contributed by atoms with van der Waals surface area (Å²) >= 11 is 6.29. The number of nitrogens with zero attached hydrogens (tertiary/aromatic N) is 2. The quantitative estimate of drug-likeness (QED) is 0.299. The summed E-state index contributed by atoms with van der Waals surface area (Å²) in [4.78, 5) is 29.3. The maximum atomic E-state index is 14.1. The summed E-state index contributed by atoms with van der Waals surface area (Å²) in [5, 5.41) is 3.23. The molecule has 8 nitrogen and oxygen atoms in total. The lowest BCUT2D eigenvalue weighted by molar-refractivity contribution is -0.140. The van der Waals surface area contributed by atoms with Gasteiger partial charge in [0.25, 0.3) is 0 Å². The molecule has 0 aromatic heterocycles. The molecule has 3 aromatic carbocycles. The van der Waals surface area contributed by atoms with Crippen LogP contribution in [0.15, 0.2) is 72.8 Å². The van der Waals surface area contributed by atoms with Gasteiger partial charge in [0.1, 0.15) is 18.3 Å². The molecule has 0 aliphatic heterocycles. The number of hydrogen-bond acceptors (Lipinski definition) is 5. The molecule has 0 radical (unpaired) electrons. The van der Waals surface area contributed by atoms with E-state index in [0.717, 1.165) is 33.7 Å². The Morgan fingerprint density at radius 3 is 2.22 bits per heavy atom. The summed E-state index contributed by atoms with van der Waals surface area (Å²) in [7, 11) is -2.45. The molecule has 0 heterocycles. The number of ether oxygens (including phenoxy) is 1. The minimum atomic E-state index is -3.90. The van der Waals surface area contributed by atoms with Crippen LogP contribution < -0.4 is 14.4 Å². The van der Waals surface area contributed by atoms with E-state index in [1.165, 1.54) is 24.1 Å². The molecule has 1 N–H and O–H groups in total. The molecule has 2 unspecified atom stereocenters. The summed E-state index contributed by atoms with van der Waals surface area (Å²) < 4.78 is 32.1. The first-order chi connectivity index (χ1) is 19.4. The number of aryl methyl sites for hydroxylation is 1. The van der Waals surface area contributed by atoms with Crippen molar-refractivity contribution >= 4 is 39.1 Å². The van der Waals surface area contributed by atoms with E-state index >= 15 is 0 Å². The molecule has 0 bridgehead atoms. The number of anilines is 1. The van der Waals surface area contributed by atoms with Gasteiger partial charge in [-0.15, -0.1) is 0 Å². The summed E-state index contributed by atoms with van der Waals surface area (Å²) in [5.74, 6) is -0.453. The lowest BCUT2D eigenvalue weighted by Gasteiger charge is -2.34. The van der Waals surface area contributed by atoms with Crippen LogP contribution in [-0.4, -0.2) is 57.1 Å². The van der Waals surface area contributed by atoms with E-state index in [2.05, 4.69) is 5.32 Å². The van der Waals surface area contributed by atoms with Gasteiger partial charge in [-0.25, -0.2) is 8.42 Å². The van der Waals surface area contributed by atoms with Crippen LogP contribution in [0, 0.1) is 6.92 Å². The third-order valence-electron chi connectivity index (χ3n) is 6.85. The Bertz CT molecular complexity index is 1430. The highest BCUT2D eigenvalue weighted by Gasteiger charge is 2.33. The molecule has 0 aliphatic rings. The number of halogens is 1. The molecule has 220 valence electrons. The molecule has 2 amide bonds. The first-order valence-corrected chi connectivity index (χ1v) is 15.7. The van der Waals surface area contributed by atoms with Crippen LogP contribution in [0.1, 0.15) is 37.0 Å². The van der Waals surface area contributed by atoms with E-state index in [-0.39, 0.29) is 35.6 Å². The Morgan fingerprint density at radius 2 is 1.66 bits per heavy atom. The third kappa shape index (κ3) is 8.96. The van der Waals surface area contributed by atoms with Crippen molar-refractivity contribution in [1.29, 1.82) is 0 Å². The average Bonchev–Trinajstić information content (AvgIpc) is 2.94. The second-order valence-electron chi connectivity index (χ2n) is 10.1. The first-order valence-electron chi connectivity index (χ1n) is 13.4. The Balaban J connectivity index is 2.06. The number of rotatable bonds is 13. The predicted molar refractivity (Wildman–Crippen MR) is 164 cm³/mol. The van der Waals surface area contributed by atoms with Gasteiger partial charge in [-0.3, -0.25) is 13.9 Å². The zero-order valence-corrected chi connectivity index (χ0v) is 25.7. The van der Waals surface area contributed by atoms with E-state index in [1.54, 1.807) is 6.07 Å². The number of nitrogens with one attached hydrogen (secondary N) is 1. The van der Waals surface area contributed by atoms with E-state index < -0.39 is 28.5 Å². The zero-order chi connectivity index (χ0) is 30.2. The minimum Gasteiger partial charge on any atom is -0.495 e. The molecule has 0 aliphatic carbocycles. The highest BCUT2D eigenvalue weighted by molar-refractivity contribution is 7.92. The van der Waals surface area contributed by atoms with Crippen molar-refractivity contribution in [2.45, 2.75) is 52.2 Å². The molecule has 0 spiro atoms. The number of sulfonamides is 1. The number of hydrogen-bond donors (Lipinski definition) is 1. The van der Waals surface area contributed by atoms with Gasteiger partial charge in [-0.05, 0) is 49.6 Å². The van der Waals surface area contributed by atoms with Gasteiger partial charge in [0.2, 0.25) is 21.8 Å². The van der Waals surface area contributed by atoms with E-state index in [0.29, 0.717) is 5.75 Å². The van der Waals surface area contributed by atoms with Gasteiger partial charge in [0.15, 0.2) is 0 Å². The van der Waals surface area contributed by atoms with Crippen LogP contribution in [0.5, 0.6) is 5.75 Å². The first kappa shape index (κ1) is 32.0. The SMILES string of the molecule is CCC(C)NC(=O)C(Cc1ccccc1)N(Cc1ccc(C)cc1)C(=O)CN(c1ccc(OC)c(Cl)c1)S(C)(=O)=O. The zero-order valence-electron chi connectivity index (χ0n) is 24.1. The fourth-order valence-electron chi connectivity index (χ4n) is 4.31. The van der Waals surface area contributed by atoms with Crippen LogP contribution >= 0.6 is 11.6 Å². The van der Waals surface area contributed by atoms with Gasteiger partial charge < -0.3 is 15.0 Å². The summed E-state index contributed by atoms with van der Waals surface area (Å²) in [5.41, 5.74) is 2.96. The second-order valence-corrected chi connectivity index (χ2v) is 12.4. The number of benzene rings is 3. The fraction of sp³-hybridized carbons (Fsp3) is 0.355. The van der Waals surface area contributed by atoms with Crippen molar-refractivity contribution in [3.05, 3.63) is 94.5 Å². The number of carbonyl (C=O) groups excluding carboxylic acids is 2. The fourth-order valence-corrected chi connectivity index (χ4v) is 5.40. The van der Waals surface area contributed by atoms with Crippen molar-refractivity contribution in [3.8, 4) is 5.75 Å². The van der Waals surface area contributed by atoms with Crippen LogP contribution in [0.25, 0.3) is 0 Å². The average molecular weight is 600 g/mol. The highest BCUT2D eigenvalue weighted by atomic mass is 35.5. The van der Waals surface area contributed by atoms with Crippen molar-refractivity contribution in [2.75, 3.05) is 24.2 Å². The molecule has 10 heteroatoms. The third-order valence-corrected chi connectivity index (χ3v) is 8.28. The van der Waals surface area contributed by atoms with Crippen LogP contribution in [-0.2, 0) is 32.6 Å². The monoisotopic (exact) mass is 599 g/mol. The lowest BCUT2D eigenvalue weighted by atomic mass is 10.0. The highest BCUT2D eigenvalue weighted by Crippen LogP contribution is 2.30. The van der Waals surface area contributed by atoms with Crippen molar-refractivity contribution in [3.63, 3.8) is 0 Å². The van der Waals surface area contributed by atoms with Crippen molar-refractivity contribution in [1.82, 2.24) is 10.2 Å². The lowest BCUT2D eigenvalue weighted by Crippen LogP contribution is -2.54. The van der Waals surface area contributed by atoms with E-state index in [9.17, 15) is 18.0 Å². The van der Waals surface area contributed by atoms with Crippen LogP contribution in [0.3, 0.4) is 0 Å². The second kappa shape index (κ2) is 14.4. The van der Waals surface area contributed by atoms with Crippen molar-refractivity contribution < 1.29 is 22.7 Å². The predicted octanol–water partition coefficient (Wildman–Crippen LogP) is 4.98. The van der Waals surface area contributed by atoms with Crippen molar-refractivity contribution in [2.24, 2.45) is 0 Å². The number of carbonyl (C=O) groups is 2. The molecule has 0 saturated heterocycles.